The van der Waals surface area contributed by atoms with E-state index in [9.17, 15) is 4.79 Å². The summed E-state index contributed by atoms with van der Waals surface area (Å²) < 4.78 is 16.6. The Balaban J connectivity index is 1.30. The van der Waals surface area contributed by atoms with Gasteiger partial charge in [-0.15, -0.1) is 0 Å². The lowest BCUT2D eigenvalue weighted by Gasteiger charge is -2.24. The molecule has 2 rings (SSSR count). The minimum absolute atomic E-state index is 0.100. The molecular weight excluding hydrogens is 486 g/mol. The summed E-state index contributed by atoms with van der Waals surface area (Å²) in [6.07, 6.45) is 26.1. The molecule has 2 aliphatic rings. The first-order valence-corrected chi connectivity index (χ1v) is 16.9. The zero-order valence-corrected chi connectivity index (χ0v) is 26.4. The fraction of sp³-hybridized carbons (Fsp3) is 0.971. The van der Waals surface area contributed by atoms with Crippen molar-refractivity contribution in [3.05, 3.63) is 0 Å². The lowest BCUT2D eigenvalue weighted by atomic mass is 10.0. The van der Waals surface area contributed by atoms with Gasteiger partial charge >= 0.3 is 5.97 Å². The van der Waals surface area contributed by atoms with Crippen LogP contribution in [0.5, 0.6) is 0 Å². The highest BCUT2D eigenvalue weighted by atomic mass is 16.5. The number of likely N-dealkylation sites (N-methyl/N-ethyl adjacent to an activating group) is 1. The Bertz CT molecular complexity index is 598. The third kappa shape index (κ3) is 17.7. The zero-order chi connectivity index (χ0) is 28.1. The molecule has 5 unspecified atom stereocenters. The molecule has 0 radical (unpaired) electrons. The molecule has 2 fully saturated rings. The second kappa shape index (κ2) is 22.0. The Kier molecular flexibility index (Phi) is 19.5. The number of ether oxygens (including phenoxy) is 3. The minimum Gasteiger partial charge on any atom is -0.469 e. The van der Waals surface area contributed by atoms with E-state index >= 15 is 0 Å². The molecule has 5 heteroatoms. The Morgan fingerprint density at radius 2 is 1.18 bits per heavy atom. The van der Waals surface area contributed by atoms with E-state index in [4.69, 9.17) is 9.47 Å². The Morgan fingerprint density at radius 3 is 1.69 bits per heavy atom. The largest absolute Gasteiger partial charge is 0.469 e. The maximum absolute atomic E-state index is 11.1. The first-order valence-electron chi connectivity index (χ1n) is 16.9. The summed E-state index contributed by atoms with van der Waals surface area (Å²) in [4.78, 5) is 13.3. The van der Waals surface area contributed by atoms with Crippen LogP contribution < -0.4 is 0 Å². The highest BCUT2D eigenvalue weighted by Crippen LogP contribution is 2.54. The monoisotopic (exact) mass is 551 g/mol. The summed E-state index contributed by atoms with van der Waals surface area (Å²) in [7, 11) is 5.68. The molecule has 0 bridgehead atoms. The second-order valence-electron chi connectivity index (χ2n) is 13.0. The first kappa shape index (κ1) is 34.6. The van der Waals surface area contributed by atoms with Crippen molar-refractivity contribution >= 4 is 5.97 Å². The number of nitrogens with zero attached hydrogens (tertiary/aromatic N) is 1. The van der Waals surface area contributed by atoms with Crippen molar-refractivity contribution < 1.29 is 19.0 Å². The minimum atomic E-state index is -0.100. The van der Waals surface area contributed by atoms with Crippen molar-refractivity contribution in [2.75, 3.05) is 47.6 Å². The number of hydrogen-bond acceptors (Lipinski definition) is 5. The van der Waals surface area contributed by atoms with Gasteiger partial charge in [0.2, 0.25) is 0 Å². The standard InChI is InChI=1S/C34H65NO4/c1-5-6-14-19-29-24-31(29)26-32-25-30(32)20-15-10-7-8-12-17-22-38-27-33(35(2)3)28-39-23-18-13-9-11-16-21-34(36)37-4/h29-33H,5-28H2,1-4H3. The Hall–Kier alpha value is -0.650. The summed E-state index contributed by atoms with van der Waals surface area (Å²) in [5, 5.41) is 0. The number of unbranched alkanes of at least 4 members (excludes halogenated alkanes) is 11. The van der Waals surface area contributed by atoms with Crippen molar-refractivity contribution in [3.63, 3.8) is 0 Å². The first-order chi connectivity index (χ1) is 19.0. The van der Waals surface area contributed by atoms with Crippen molar-refractivity contribution in [2.24, 2.45) is 23.7 Å². The number of hydrogen-bond donors (Lipinski definition) is 0. The van der Waals surface area contributed by atoms with Crippen LogP contribution in [0.3, 0.4) is 0 Å². The molecule has 0 heterocycles. The van der Waals surface area contributed by atoms with Gasteiger partial charge in [-0.25, -0.2) is 0 Å². The van der Waals surface area contributed by atoms with Crippen LogP contribution in [0.4, 0.5) is 0 Å². The topological polar surface area (TPSA) is 48.0 Å². The van der Waals surface area contributed by atoms with Crippen molar-refractivity contribution in [3.8, 4) is 0 Å². The summed E-state index contributed by atoms with van der Waals surface area (Å²) in [6.45, 7) is 5.49. The Morgan fingerprint density at radius 1 is 0.692 bits per heavy atom. The molecule has 5 atom stereocenters. The molecule has 0 amide bonds. The van der Waals surface area contributed by atoms with Gasteiger partial charge in [-0.3, -0.25) is 4.79 Å². The van der Waals surface area contributed by atoms with Gasteiger partial charge in [0.1, 0.15) is 0 Å². The molecule has 0 aromatic carbocycles. The van der Waals surface area contributed by atoms with Crippen LogP contribution in [-0.4, -0.2) is 64.5 Å². The highest BCUT2D eigenvalue weighted by Gasteiger charge is 2.44. The third-order valence-electron chi connectivity index (χ3n) is 9.28. The zero-order valence-electron chi connectivity index (χ0n) is 26.4. The van der Waals surface area contributed by atoms with Gasteiger partial charge in [-0.1, -0.05) is 90.4 Å². The summed E-state index contributed by atoms with van der Waals surface area (Å²) in [5.74, 6) is 4.33. The lowest BCUT2D eigenvalue weighted by molar-refractivity contribution is -0.140. The van der Waals surface area contributed by atoms with Crippen LogP contribution in [-0.2, 0) is 19.0 Å². The van der Waals surface area contributed by atoms with Crippen LogP contribution in [0.15, 0.2) is 0 Å². The summed E-state index contributed by atoms with van der Waals surface area (Å²) in [6, 6.07) is 0.322. The molecule has 0 aliphatic heterocycles. The van der Waals surface area contributed by atoms with Gasteiger partial charge in [-0.05, 0) is 76.3 Å². The number of carbonyl (C=O) groups excluding carboxylic acids is 1. The van der Waals surface area contributed by atoms with E-state index in [1.807, 2.05) is 0 Å². The van der Waals surface area contributed by atoms with Gasteiger partial charge in [-0.2, -0.15) is 0 Å². The van der Waals surface area contributed by atoms with Crippen molar-refractivity contribution in [2.45, 2.75) is 141 Å². The van der Waals surface area contributed by atoms with Crippen LogP contribution in [0.1, 0.15) is 135 Å². The third-order valence-corrected chi connectivity index (χ3v) is 9.28. The summed E-state index contributed by atoms with van der Waals surface area (Å²) in [5.41, 5.74) is 0. The van der Waals surface area contributed by atoms with Crippen LogP contribution in [0, 0.1) is 23.7 Å². The van der Waals surface area contributed by atoms with Gasteiger partial charge in [0.25, 0.3) is 0 Å². The van der Waals surface area contributed by atoms with Crippen LogP contribution in [0.2, 0.25) is 0 Å². The van der Waals surface area contributed by atoms with Crippen molar-refractivity contribution in [1.82, 2.24) is 4.90 Å². The maximum atomic E-state index is 11.1. The predicted octanol–water partition coefficient (Wildman–Crippen LogP) is 8.44. The number of carbonyl (C=O) groups is 1. The quantitative estimate of drug-likeness (QED) is 0.0721. The van der Waals surface area contributed by atoms with Crippen molar-refractivity contribution in [1.29, 1.82) is 0 Å². The molecule has 2 aliphatic carbocycles. The molecule has 230 valence electrons. The average molecular weight is 552 g/mol. The molecule has 2 saturated carbocycles. The molecule has 39 heavy (non-hydrogen) atoms. The maximum Gasteiger partial charge on any atom is 0.305 e. The van der Waals surface area contributed by atoms with Gasteiger partial charge in [0, 0.05) is 19.6 Å². The molecule has 0 aromatic heterocycles. The Labute approximate surface area is 242 Å². The van der Waals surface area contributed by atoms with E-state index in [0.29, 0.717) is 12.5 Å². The lowest BCUT2D eigenvalue weighted by Crippen LogP contribution is -2.37. The second-order valence-corrected chi connectivity index (χ2v) is 13.0. The fourth-order valence-corrected chi connectivity index (χ4v) is 6.16. The van der Waals surface area contributed by atoms with Gasteiger partial charge in [0.15, 0.2) is 0 Å². The number of esters is 1. The van der Waals surface area contributed by atoms with E-state index in [1.165, 1.54) is 77.7 Å². The molecule has 5 nitrogen and oxygen atoms in total. The average Bonchev–Trinajstić information content (AvgIpc) is 3.85. The SMILES string of the molecule is CCCCCC1CC1CC1CC1CCCCCCCCOCC(COCCCCCCCC(=O)OC)N(C)C. The highest BCUT2D eigenvalue weighted by molar-refractivity contribution is 5.68. The van der Waals surface area contributed by atoms with Gasteiger partial charge in [0.05, 0.1) is 26.4 Å². The van der Waals surface area contributed by atoms with E-state index in [-0.39, 0.29) is 5.97 Å². The molecule has 0 spiro atoms. The number of rotatable bonds is 28. The van der Waals surface area contributed by atoms with E-state index in [0.717, 1.165) is 82.2 Å². The normalized spacial score (nSPS) is 22.8. The molecule has 0 saturated heterocycles. The fourth-order valence-electron chi connectivity index (χ4n) is 6.16. The molecular formula is C34H65NO4. The smallest absolute Gasteiger partial charge is 0.305 e. The van der Waals surface area contributed by atoms with E-state index in [2.05, 4.69) is 30.7 Å². The predicted molar refractivity (Wildman–Crippen MR) is 163 cm³/mol. The van der Waals surface area contributed by atoms with E-state index in [1.54, 1.807) is 19.3 Å². The van der Waals surface area contributed by atoms with Gasteiger partial charge < -0.3 is 19.1 Å². The number of methoxy groups -OCH3 is 1. The molecule has 0 aromatic rings. The van der Waals surface area contributed by atoms with E-state index < -0.39 is 0 Å². The van der Waals surface area contributed by atoms with Crippen LogP contribution in [0.25, 0.3) is 0 Å². The van der Waals surface area contributed by atoms with Crippen LogP contribution >= 0.6 is 0 Å². The summed E-state index contributed by atoms with van der Waals surface area (Å²) >= 11 is 0. The molecule has 0 N–H and O–H groups in total.